The van der Waals surface area contributed by atoms with Crippen molar-refractivity contribution in [2.75, 3.05) is 13.1 Å². The van der Waals surface area contributed by atoms with E-state index in [1.54, 1.807) is 0 Å². The summed E-state index contributed by atoms with van der Waals surface area (Å²) in [5.74, 6) is 0. The van der Waals surface area contributed by atoms with E-state index < -0.39 is 0 Å². The van der Waals surface area contributed by atoms with Gasteiger partial charge >= 0.3 is 0 Å². The van der Waals surface area contributed by atoms with Crippen molar-refractivity contribution in [1.82, 2.24) is 15.1 Å². The van der Waals surface area contributed by atoms with Crippen LogP contribution in [-0.2, 0) is 13.0 Å². The van der Waals surface area contributed by atoms with Gasteiger partial charge in [0.15, 0.2) is 0 Å². The number of benzene rings is 1. The minimum absolute atomic E-state index is 0.771. The molecule has 4 heteroatoms. The molecule has 1 N–H and O–H groups in total. The molecular formula is C16H22ClN3. The highest BCUT2D eigenvalue weighted by molar-refractivity contribution is 6.31. The minimum Gasteiger partial charge on any atom is -0.317 e. The number of aromatic nitrogens is 2. The van der Waals surface area contributed by atoms with E-state index in [1.807, 2.05) is 18.5 Å². The largest absolute Gasteiger partial charge is 0.317 e. The standard InChI is InChI=1S/C16H22ClN3/c1-4-18-10-9-14-5-7-15(8-6-14)11-20-13(3)16(17)12(2)19-20/h5-8,18H,4,9-11H2,1-3H3. The Morgan fingerprint density at radius 1 is 1.15 bits per heavy atom. The molecule has 20 heavy (non-hydrogen) atoms. The summed E-state index contributed by atoms with van der Waals surface area (Å²) in [7, 11) is 0. The second kappa shape index (κ2) is 6.91. The zero-order valence-corrected chi connectivity index (χ0v) is 13.2. The quantitative estimate of drug-likeness (QED) is 0.827. The first-order valence-corrected chi connectivity index (χ1v) is 7.47. The van der Waals surface area contributed by atoms with Gasteiger partial charge in [0.25, 0.3) is 0 Å². The van der Waals surface area contributed by atoms with Gasteiger partial charge in [0.2, 0.25) is 0 Å². The molecule has 0 saturated heterocycles. The summed E-state index contributed by atoms with van der Waals surface area (Å²) in [6, 6.07) is 8.73. The van der Waals surface area contributed by atoms with Crippen LogP contribution >= 0.6 is 11.6 Å². The Balaban J connectivity index is 2.01. The van der Waals surface area contributed by atoms with E-state index in [1.165, 1.54) is 11.1 Å². The van der Waals surface area contributed by atoms with Crippen molar-refractivity contribution < 1.29 is 0 Å². The molecule has 0 aliphatic rings. The molecule has 0 unspecified atom stereocenters. The molecule has 0 amide bonds. The highest BCUT2D eigenvalue weighted by atomic mass is 35.5. The fraction of sp³-hybridized carbons (Fsp3) is 0.438. The average Bonchev–Trinajstić information content (AvgIpc) is 2.69. The van der Waals surface area contributed by atoms with E-state index in [0.717, 1.165) is 42.5 Å². The molecule has 0 fully saturated rings. The fourth-order valence-electron chi connectivity index (χ4n) is 2.22. The highest BCUT2D eigenvalue weighted by Gasteiger charge is 2.09. The van der Waals surface area contributed by atoms with Gasteiger partial charge in [0.05, 0.1) is 23.0 Å². The molecule has 1 aromatic carbocycles. The second-order valence-electron chi connectivity index (χ2n) is 5.06. The van der Waals surface area contributed by atoms with Gasteiger partial charge in [-0.05, 0) is 44.5 Å². The second-order valence-corrected chi connectivity index (χ2v) is 5.44. The molecule has 3 nitrogen and oxygen atoms in total. The Kier molecular flexibility index (Phi) is 5.21. The lowest BCUT2D eigenvalue weighted by Crippen LogP contribution is -2.16. The lowest BCUT2D eigenvalue weighted by Gasteiger charge is -2.07. The predicted molar refractivity (Wildman–Crippen MR) is 84.5 cm³/mol. The topological polar surface area (TPSA) is 29.9 Å². The summed E-state index contributed by atoms with van der Waals surface area (Å²) >= 11 is 6.17. The number of hydrogen-bond acceptors (Lipinski definition) is 2. The molecule has 108 valence electrons. The van der Waals surface area contributed by atoms with Gasteiger partial charge in [0, 0.05) is 0 Å². The van der Waals surface area contributed by atoms with Crippen molar-refractivity contribution in [3.05, 3.63) is 51.8 Å². The van der Waals surface area contributed by atoms with Crippen LogP contribution in [0.5, 0.6) is 0 Å². The molecule has 0 spiro atoms. The van der Waals surface area contributed by atoms with Crippen molar-refractivity contribution >= 4 is 11.6 Å². The zero-order valence-electron chi connectivity index (χ0n) is 12.4. The average molecular weight is 292 g/mol. The van der Waals surface area contributed by atoms with Crippen LogP contribution in [0.3, 0.4) is 0 Å². The Labute approximate surface area is 126 Å². The normalized spacial score (nSPS) is 11.0. The van der Waals surface area contributed by atoms with Crippen LogP contribution in [-0.4, -0.2) is 22.9 Å². The highest BCUT2D eigenvalue weighted by Crippen LogP contribution is 2.19. The van der Waals surface area contributed by atoms with E-state index in [9.17, 15) is 0 Å². The lowest BCUT2D eigenvalue weighted by molar-refractivity contribution is 0.658. The molecule has 0 atom stereocenters. The van der Waals surface area contributed by atoms with Gasteiger partial charge in [-0.2, -0.15) is 5.10 Å². The Morgan fingerprint density at radius 2 is 1.80 bits per heavy atom. The zero-order chi connectivity index (χ0) is 14.5. The molecule has 0 saturated carbocycles. The smallest absolute Gasteiger partial charge is 0.0844 e. The number of likely N-dealkylation sites (N-methyl/N-ethyl adjacent to an activating group) is 1. The lowest BCUT2D eigenvalue weighted by atomic mass is 10.1. The van der Waals surface area contributed by atoms with Crippen LogP contribution in [0.4, 0.5) is 0 Å². The number of hydrogen-bond donors (Lipinski definition) is 1. The van der Waals surface area contributed by atoms with Crippen molar-refractivity contribution in [2.45, 2.75) is 33.7 Å². The number of aryl methyl sites for hydroxylation is 1. The summed E-state index contributed by atoms with van der Waals surface area (Å²) in [4.78, 5) is 0. The minimum atomic E-state index is 0.771. The van der Waals surface area contributed by atoms with Gasteiger partial charge in [0.1, 0.15) is 0 Å². The van der Waals surface area contributed by atoms with E-state index in [0.29, 0.717) is 0 Å². The summed E-state index contributed by atoms with van der Waals surface area (Å²) in [6.07, 6.45) is 1.07. The number of halogens is 1. The van der Waals surface area contributed by atoms with Gasteiger partial charge in [-0.3, -0.25) is 4.68 Å². The molecule has 1 heterocycles. The van der Waals surface area contributed by atoms with Crippen molar-refractivity contribution in [1.29, 1.82) is 0 Å². The SMILES string of the molecule is CCNCCc1ccc(Cn2nc(C)c(Cl)c2C)cc1. The molecular weight excluding hydrogens is 270 g/mol. The van der Waals surface area contributed by atoms with Crippen LogP contribution in [0.2, 0.25) is 5.02 Å². The van der Waals surface area contributed by atoms with Gasteiger partial charge in [-0.25, -0.2) is 0 Å². The number of rotatable bonds is 6. The van der Waals surface area contributed by atoms with Gasteiger partial charge in [-0.1, -0.05) is 42.8 Å². The molecule has 1 aromatic heterocycles. The summed E-state index contributed by atoms with van der Waals surface area (Å²) in [6.45, 7) is 8.90. The molecule has 0 aliphatic heterocycles. The molecule has 0 radical (unpaired) electrons. The molecule has 0 bridgehead atoms. The van der Waals surface area contributed by atoms with E-state index in [4.69, 9.17) is 11.6 Å². The summed E-state index contributed by atoms with van der Waals surface area (Å²) in [5.41, 5.74) is 4.53. The van der Waals surface area contributed by atoms with Crippen molar-refractivity contribution in [3.8, 4) is 0 Å². The van der Waals surface area contributed by atoms with Gasteiger partial charge in [-0.15, -0.1) is 0 Å². The number of nitrogens with zero attached hydrogens (tertiary/aromatic N) is 2. The molecule has 2 aromatic rings. The third-order valence-corrected chi connectivity index (χ3v) is 4.04. The Hall–Kier alpha value is -1.32. The van der Waals surface area contributed by atoms with Gasteiger partial charge < -0.3 is 5.32 Å². The van der Waals surface area contributed by atoms with Crippen LogP contribution in [0.25, 0.3) is 0 Å². The van der Waals surface area contributed by atoms with Crippen LogP contribution in [0.15, 0.2) is 24.3 Å². The third-order valence-electron chi connectivity index (χ3n) is 3.49. The van der Waals surface area contributed by atoms with E-state index in [-0.39, 0.29) is 0 Å². The first-order chi connectivity index (χ1) is 9.61. The predicted octanol–water partition coefficient (Wildman–Crippen LogP) is 3.35. The van der Waals surface area contributed by atoms with E-state index in [2.05, 4.69) is 41.6 Å². The Bertz CT molecular complexity index is 558. The third kappa shape index (κ3) is 3.62. The maximum absolute atomic E-state index is 6.17. The van der Waals surface area contributed by atoms with Crippen LogP contribution in [0.1, 0.15) is 29.4 Å². The first-order valence-electron chi connectivity index (χ1n) is 7.10. The maximum Gasteiger partial charge on any atom is 0.0844 e. The van der Waals surface area contributed by atoms with E-state index >= 15 is 0 Å². The molecule has 0 aliphatic carbocycles. The van der Waals surface area contributed by atoms with Crippen molar-refractivity contribution in [3.63, 3.8) is 0 Å². The van der Waals surface area contributed by atoms with Crippen LogP contribution < -0.4 is 5.32 Å². The van der Waals surface area contributed by atoms with Crippen LogP contribution in [0, 0.1) is 13.8 Å². The number of nitrogens with one attached hydrogen (secondary N) is 1. The molecule has 2 rings (SSSR count). The van der Waals surface area contributed by atoms with Crippen molar-refractivity contribution in [2.24, 2.45) is 0 Å². The summed E-state index contributed by atoms with van der Waals surface area (Å²) < 4.78 is 1.96. The Morgan fingerprint density at radius 3 is 2.35 bits per heavy atom. The first kappa shape index (κ1) is 15.1. The monoisotopic (exact) mass is 291 g/mol. The fourth-order valence-corrected chi connectivity index (χ4v) is 2.36. The summed E-state index contributed by atoms with van der Waals surface area (Å²) in [5, 5.41) is 8.57. The maximum atomic E-state index is 6.17.